The van der Waals surface area contributed by atoms with Gasteiger partial charge in [0.1, 0.15) is 17.9 Å². The Balaban J connectivity index is 1.56. The molecule has 2 bridgehead atoms. The van der Waals surface area contributed by atoms with Gasteiger partial charge < -0.3 is 19.7 Å². The molecule has 9 nitrogen and oxygen atoms in total. The van der Waals surface area contributed by atoms with Crippen LogP contribution in [0.4, 0.5) is 0 Å². The highest BCUT2D eigenvalue weighted by atomic mass is 16.5. The summed E-state index contributed by atoms with van der Waals surface area (Å²) in [4.78, 5) is 68.3. The number of piperidine rings is 2. The third-order valence-corrected chi connectivity index (χ3v) is 10.5. The summed E-state index contributed by atoms with van der Waals surface area (Å²) < 4.78 is 11.8. The minimum Gasteiger partial charge on any atom is -0.465 e. The molecular formula is C36H54N2O7. The predicted molar refractivity (Wildman–Crippen MR) is 171 cm³/mol. The summed E-state index contributed by atoms with van der Waals surface area (Å²) in [5.74, 6) is -2.67. The Bertz CT molecular complexity index is 1110. The average molecular weight is 627 g/mol. The molecule has 0 spiro atoms. The van der Waals surface area contributed by atoms with Gasteiger partial charge in [-0.05, 0) is 109 Å². The molecule has 4 aliphatic rings. The van der Waals surface area contributed by atoms with Gasteiger partial charge in [-0.2, -0.15) is 0 Å². The fraction of sp³-hybridized carbons (Fsp3) is 0.750. The van der Waals surface area contributed by atoms with E-state index in [4.69, 9.17) is 9.47 Å². The number of ether oxygens (including phenoxy) is 2. The molecule has 1 saturated carbocycles. The molecule has 9 heteroatoms. The molecule has 3 aliphatic heterocycles. The maximum absolute atomic E-state index is 13.8. The summed E-state index contributed by atoms with van der Waals surface area (Å²) in [5, 5.41) is 3.46. The molecule has 0 aromatic carbocycles. The summed E-state index contributed by atoms with van der Waals surface area (Å²) in [6.45, 7) is 10.4. The number of rotatable bonds is 5. The number of amides is 1. The Morgan fingerprint density at radius 3 is 2.51 bits per heavy atom. The number of carbonyl (C=O) groups excluding carboxylic acids is 5. The van der Waals surface area contributed by atoms with Crippen LogP contribution in [-0.2, 0) is 33.4 Å². The Morgan fingerprint density at radius 1 is 0.956 bits per heavy atom. The third-order valence-electron chi connectivity index (χ3n) is 10.5. The van der Waals surface area contributed by atoms with Crippen molar-refractivity contribution < 1.29 is 33.4 Å². The van der Waals surface area contributed by atoms with Crippen LogP contribution < -0.4 is 5.32 Å². The predicted octanol–water partition coefficient (Wildman–Crippen LogP) is 5.12. The van der Waals surface area contributed by atoms with Gasteiger partial charge in [0, 0.05) is 31.2 Å². The summed E-state index contributed by atoms with van der Waals surface area (Å²) in [6, 6.07) is -0.802. The van der Waals surface area contributed by atoms with Crippen LogP contribution in [0.5, 0.6) is 0 Å². The second-order valence-electron chi connectivity index (χ2n) is 13.9. The molecule has 5 unspecified atom stereocenters. The van der Waals surface area contributed by atoms with E-state index in [1.165, 1.54) is 4.90 Å². The lowest BCUT2D eigenvalue weighted by molar-refractivity contribution is -0.165. The van der Waals surface area contributed by atoms with Gasteiger partial charge in [-0.3, -0.25) is 19.2 Å². The Morgan fingerprint density at radius 2 is 1.76 bits per heavy atom. The number of Topliss-reactive ketones (excluding diaryl/α,β-unsaturated/α-hetero) is 2. The van der Waals surface area contributed by atoms with Crippen molar-refractivity contribution in [2.24, 2.45) is 29.6 Å². The third kappa shape index (κ3) is 9.84. The van der Waals surface area contributed by atoms with Crippen LogP contribution in [0.25, 0.3) is 0 Å². The van der Waals surface area contributed by atoms with Gasteiger partial charge in [0.2, 0.25) is 5.78 Å². The number of nitrogens with zero attached hydrogens (tertiary/aromatic N) is 1. The van der Waals surface area contributed by atoms with Crippen molar-refractivity contribution >= 4 is 29.4 Å². The van der Waals surface area contributed by atoms with E-state index in [2.05, 4.69) is 11.9 Å². The Labute approximate surface area is 268 Å². The van der Waals surface area contributed by atoms with Crippen molar-refractivity contribution in [1.29, 1.82) is 0 Å². The molecule has 7 atom stereocenters. The molecule has 0 radical (unpaired) electrons. The molecule has 45 heavy (non-hydrogen) atoms. The number of cyclic esters (lactones) is 2. The van der Waals surface area contributed by atoms with Crippen LogP contribution in [0.3, 0.4) is 0 Å². The second kappa shape index (κ2) is 17.2. The topological polar surface area (TPSA) is 119 Å². The Hall–Kier alpha value is -2.81. The average Bonchev–Trinajstić information content (AvgIpc) is 3.55. The maximum Gasteiger partial charge on any atom is 0.329 e. The van der Waals surface area contributed by atoms with Gasteiger partial charge in [-0.1, -0.05) is 24.6 Å². The van der Waals surface area contributed by atoms with Crippen molar-refractivity contribution in [2.45, 2.75) is 116 Å². The molecule has 3 fully saturated rings. The first-order valence-corrected chi connectivity index (χ1v) is 17.4. The molecule has 4 rings (SSSR count). The van der Waals surface area contributed by atoms with E-state index in [9.17, 15) is 24.0 Å². The minimum atomic E-state index is -0.802. The molecule has 0 aromatic rings. The maximum atomic E-state index is 13.8. The highest BCUT2D eigenvalue weighted by Crippen LogP contribution is 2.34. The number of nitrogens with one attached hydrogen (secondary N) is 1. The van der Waals surface area contributed by atoms with Crippen LogP contribution in [-0.4, -0.2) is 72.7 Å². The standard InChI is InChI=1S/C36H54N2O7/c1-4-8-27-21-24(2)17-20-44-35(42)29-14-13-28(22-29)33(40)34(41)38-19-6-5-10-30(38)36(43)45-32(25(3)11-15-31(27)39)16-12-26-9-7-18-37-23-26/h4,21,25-30,32,37H,1,5-20,22-23H2,2-3H3/b24-21+/t25?,26?,27?,28-,29?,30-,32?/m0/s1. The number of fused-ring (bicyclic) bond motifs is 3. The zero-order valence-corrected chi connectivity index (χ0v) is 27.4. The van der Waals surface area contributed by atoms with Crippen LogP contribution >= 0.6 is 0 Å². The zero-order valence-electron chi connectivity index (χ0n) is 27.4. The van der Waals surface area contributed by atoms with Crippen LogP contribution in [0.15, 0.2) is 24.3 Å². The Kier molecular flexibility index (Phi) is 13.4. The lowest BCUT2D eigenvalue weighted by atomic mass is 9.86. The zero-order chi connectivity index (χ0) is 32.3. The fourth-order valence-corrected chi connectivity index (χ4v) is 7.50. The van der Waals surface area contributed by atoms with Crippen LogP contribution in [0.2, 0.25) is 0 Å². The first-order valence-electron chi connectivity index (χ1n) is 17.4. The quantitative estimate of drug-likeness (QED) is 0.254. The number of hydrogen-bond donors (Lipinski definition) is 1. The van der Waals surface area contributed by atoms with E-state index in [1.807, 2.05) is 19.9 Å². The number of esters is 2. The summed E-state index contributed by atoms with van der Waals surface area (Å²) >= 11 is 0. The van der Waals surface area contributed by atoms with Crippen LogP contribution in [0, 0.1) is 29.6 Å². The molecule has 1 aliphatic carbocycles. The molecule has 3 heterocycles. The van der Waals surface area contributed by atoms with Gasteiger partial charge >= 0.3 is 11.9 Å². The van der Waals surface area contributed by atoms with Gasteiger partial charge in [0.25, 0.3) is 5.91 Å². The van der Waals surface area contributed by atoms with E-state index >= 15 is 0 Å². The van der Waals surface area contributed by atoms with E-state index in [-0.39, 0.29) is 42.7 Å². The first kappa shape index (κ1) is 35.1. The van der Waals surface area contributed by atoms with Crippen molar-refractivity contribution in [3.8, 4) is 0 Å². The number of carbonyl (C=O) groups is 5. The van der Waals surface area contributed by atoms with Gasteiger partial charge in [0.05, 0.1) is 12.5 Å². The lowest BCUT2D eigenvalue weighted by Gasteiger charge is -2.36. The highest BCUT2D eigenvalue weighted by molar-refractivity contribution is 6.37. The van der Waals surface area contributed by atoms with Crippen molar-refractivity contribution in [3.63, 3.8) is 0 Å². The summed E-state index contributed by atoms with van der Waals surface area (Å²) in [6.07, 6.45) is 12.4. The van der Waals surface area contributed by atoms with Gasteiger partial charge in [0.15, 0.2) is 0 Å². The molecule has 250 valence electrons. The fourth-order valence-electron chi connectivity index (χ4n) is 7.50. The number of ketones is 2. The lowest BCUT2D eigenvalue weighted by Crippen LogP contribution is -2.52. The number of allylic oxidation sites excluding steroid dienone is 2. The van der Waals surface area contributed by atoms with Gasteiger partial charge in [-0.25, -0.2) is 4.79 Å². The minimum absolute atomic E-state index is 0.0535. The summed E-state index contributed by atoms with van der Waals surface area (Å²) in [7, 11) is 0. The first-order chi connectivity index (χ1) is 21.7. The van der Waals surface area contributed by atoms with Crippen molar-refractivity contribution in [1.82, 2.24) is 10.2 Å². The van der Waals surface area contributed by atoms with Gasteiger partial charge in [-0.15, -0.1) is 6.58 Å². The molecule has 1 amide bonds. The van der Waals surface area contributed by atoms with E-state index in [0.29, 0.717) is 63.8 Å². The van der Waals surface area contributed by atoms with Crippen LogP contribution in [0.1, 0.15) is 104 Å². The van der Waals surface area contributed by atoms with Crippen molar-refractivity contribution in [2.75, 3.05) is 26.2 Å². The molecule has 2 saturated heterocycles. The normalized spacial score (nSPS) is 34.5. The second-order valence-corrected chi connectivity index (χ2v) is 13.9. The highest BCUT2D eigenvalue weighted by Gasteiger charge is 2.42. The smallest absolute Gasteiger partial charge is 0.329 e. The molecular weight excluding hydrogens is 572 g/mol. The largest absolute Gasteiger partial charge is 0.465 e. The number of hydrogen-bond acceptors (Lipinski definition) is 8. The molecule has 1 N–H and O–H groups in total. The van der Waals surface area contributed by atoms with E-state index in [1.54, 1.807) is 6.08 Å². The summed E-state index contributed by atoms with van der Waals surface area (Å²) in [5.41, 5.74) is 0.969. The molecule has 0 aromatic heterocycles. The van der Waals surface area contributed by atoms with E-state index in [0.717, 1.165) is 50.8 Å². The monoisotopic (exact) mass is 626 g/mol. The van der Waals surface area contributed by atoms with E-state index < -0.39 is 35.5 Å². The SMILES string of the molecule is C=CCC1/C=C(\C)CCOC(=O)C2CC[C@@H](C2)C(=O)C(=O)N2CCCC[C@H]2C(=O)OC(CCC2CCCNC2)C(C)CCC1=O. The van der Waals surface area contributed by atoms with Crippen molar-refractivity contribution in [3.05, 3.63) is 24.3 Å².